The Morgan fingerprint density at radius 1 is 0.810 bits per heavy atom. The largest absolute Gasteiger partial charge is 0.327 e. The van der Waals surface area contributed by atoms with Gasteiger partial charge in [-0.05, 0) is 44.3 Å². The van der Waals surface area contributed by atoms with Crippen LogP contribution in [0.5, 0.6) is 0 Å². The van der Waals surface area contributed by atoms with Gasteiger partial charge in [-0.1, -0.05) is 0 Å². The van der Waals surface area contributed by atoms with E-state index in [9.17, 15) is 0 Å². The molecule has 21 heavy (non-hydrogen) atoms. The van der Waals surface area contributed by atoms with Gasteiger partial charge in [0, 0.05) is 17.7 Å². The molecule has 0 amide bonds. The molecule has 0 aliphatic rings. The molecule has 0 N–H and O–H groups in total. The number of nitrogens with zero attached hydrogens (tertiary/aromatic N) is 3. The summed E-state index contributed by atoms with van der Waals surface area (Å²) < 4.78 is 1.93. The average Bonchev–Trinajstić information content (AvgIpc) is 2.19. The first kappa shape index (κ1) is 18.1. The van der Waals surface area contributed by atoms with Crippen LogP contribution in [-0.2, 0) is 19.6 Å². The van der Waals surface area contributed by atoms with E-state index in [-0.39, 0.29) is 0 Å². The molecule has 0 radical (unpaired) electrons. The molecule has 0 aliphatic heterocycles. The maximum Gasteiger partial charge on any atom is 0.104 e. The van der Waals surface area contributed by atoms with Crippen molar-refractivity contribution in [3.63, 3.8) is 0 Å². The molecule has 0 saturated heterocycles. The van der Waals surface area contributed by atoms with E-state index in [0.29, 0.717) is 0 Å². The minimum absolute atomic E-state index is 0.967. The molecule has 1 aromatic rings. The fourth-order valence-electron chi connectivity index (χ4n) is 2.73. The third-order valence-corrected chi connectivity index (χ3v) is 3.47. The van der Waals surface area contributed by atoms with Gasteiger partial charge in [0.15, 0.2) is 0 Å². The van der Waals surface area contributed by atoms with Crippen molar-refractivity contribution in [3.05, 3.63) is 34.4 Å². The van der Waals surface area contributed by atoms with Crippen molar-refractivity contribution in [1.29, 1.82) is 0 Å². The predicted molar refractivity (Wildman–Crippen MR) is 92.0 cm³/mol. The quantitative estimate of drug-likeness (QED) is 0.728. The summed E-state index contributed by atoms with van der Waals surface area (Å²) in [5.74, 6) is 0. The van der Waals surface area contributed by atoms with Crippen molar-refractivity contribution in [2.45, 2.75) is 26.6 Å². The summed E-state index contributed by atoms with van der Waals surface area (Å²) in [7, 11) is 17.8. The van der Waals surface area contributed by atoms with Crippen molar-refractivity contribution in [1.82, 2.24) is 4.90 Å². The monoisotopic (exact) mass is 293 g/mol. The van der Waals surface area contributed by atoms with Crippen molar-refractivity contribution in [3.8, 4) is 0 Å². The Hall–Kier alpha value is -0.900. The standard InChI is InChI=1S/C18H35N3/c1-15-17(12-19(2)3)10-16(13-20(4,5)6)11-18(15)14-21(7,8)9/h10-11H,12-14H2,1-9H3/q+2. The second-order valence-corrected chi connectivity index (χ2v) is 8.67. The first-order chi connectivity index (χ1) is 9.37. The van der Waals surface area contributed by atoms with E-state index < -0.39 is 0 Å². The van der Waals surface area contributed by atoms with Crippen LogP contribution in [-0.4, -0.2) is 70.2 Å². The molecule has 1 rings (SSSR count). The van der Waals surface area contributed by atoms with Crippen LogP contribution in [0.3, 0.4) is 0 Å². The Labute approximate surface area is 132 Å². The van der Waals surface area contributed by atoms with Crippen LogP contribution in [0.2, 0.25) is 0 Å². The summed E-state index contributed by atoms with van der Waals surface area (Å²) in [6.07, 6.45) is 0. The van der Waals surface area contributed by atoms with E-state index in [2.05, 4.69) is 80.3 Å². The van der Waals surface area contributed by atoms with Gasteiger partial charge in [0.2, 0.25) is 0 Å². The summed E-state index contributed by atoms with van der Waals surface area (Å²) in [6, 6.07) is 4.82. The van der Waals surface area contributed by atoms with Crippen molar-refractivity contribution in [2.24, 2.45) is 0 Å². The fourth-order valence-corrected chi connectivity index (χ4v) is 2.73. The van der Waals surface area contributed by atoms with Crippen LogP contribution in [0.1, 0.15) is 22.3 Å². The minimum atomic E-state index is 0.967. The van der Waals surface area contributed by atoms with Crippen LogP contribution in [0.15, 0.2) is 12.1 Å². The van der Waals surface area contributed by atoms with Gasteiger partial charge in [-0.15, -0.1) is 0 Å². The maximum atomic E-state index is 2.42. The highest BCUT2D eigenvalue weighted by Gasteiger charge is 2.17. The first-order valence-corrected chi connectivity index (χ1v) is 7.74. The number of rotatable bonds is 6. The Morgan fingerprint density at radius 3 is 1.71 bits per heavy atom. The minimum Gasteiger partial charge on any atom is -0.327 e. The van der Waals surface area contributed by atoms with Crippen molar-refractivity contribution < 1.29 is 8.97 Å². The van der Waals surface area contributed by atoms with Gasteiger partial charge >= 0.3 is 0 Å². The van der Waals surface area contributed by atoms with Crippen LogP contribution in [0, 0.1) is 6.92 Å². The van der Waals surface area contributed by atoms with Gasteiger partial charge in [-0.2, -0.15) is 0 Å². The Kier molecular flexibility index (Phi) is 5.59. The highest BCUT2D eigenvalue weighted by Crippen LogP contribution is 2.22. The summed E-state index contributed by atoms with van der Waals surface area (Å²) >= 11 is 0. The van der Waals surface area contributed by atoms with Gasteiger partial charge < -0.3 is 13.9 Å². The molecule has 3 nitrogen and oxygen atoms in total. The van der Waals surface area contributed by atoms with Crippen LogP contribution < -0.4 is 0 Å². The zero-order valence-corrected chi connectivity index (χ0v) is 15.6. The number of hydrogen-bond donors (Lipinski definition) is 0. The van der Waals surface area contributed by atoms with Crippen molar-refractivity contribution in [2.75, 3.05) is 56.4 Å². The zero-order chi connectivity index (χ0) is 16.4. The van der Waals surface area contributed by atoms with E-state index in [4.69, 9.17) is 0 Å². The van der Waals surface area contributed by atoms with Gasteiger partial charge in [-0.25, -0.2) is 0 Å². The number of benzene rings is 1. The summed E-state index contributed by atoms with van der Waals surface area (Å²) in [5.41, 5.74) is 5.87. The lowest BCUT2D eigenvalue weighted by Crippen LogP contribution is -2.35. The van der Waals surface area contributed by atoms with Crippen LogP contribution in [0.4, 0.5) is 0 Å². The smallest absolute Gasteiger partial charge is 0.104 e. The molecule has 0 fully saturated rings. The topological polar surface area (TPSA) is 3.24 Å². The zero-order valence-electron chi connectivity index (χ0n) is 15.6. The predicted octanol–water partition coefficient (Wildman–Crippen LogP) is 2.47. The lowest BCUT2D eigenvalue weighted by atomic mass is 9.97. The lowest BCUT2D eigenvalue weighted by molar-refractivity contribution is -0.884. The average molecular weight is 293 g/mol. The van der Waals surface area contributed by atoms with Gasteiger partial charge in [0.05, 0.1) is 42.3 Å². The fraction of sp³-hybridized carbons (Fsp3) is 0.667. The van der Waals surface area contributed by atoms with E-state index in [1.54, 1.807) is 0 Å². The number of hydrogen-bond acceptors (Lipinski definition) is 1. The van der Waals surface area contributed by atoms with E-state index in [0.717, 1.165) is 28.6 Å². The van der Waals surface area contributed by atoms with E-state index in [1.165, 1.54) is 22.3 Å². The van der Waals surface area contributed by atoms with E-state index in [1.807, 2.05) is 0 Å². The molecular formula is C18H35N3+2. The molecule has 0 heterocycles. The highest BCUT2D eigenvalue weighted by atomic mass is 15.3. The first-order valence-electron chi connectivity index (χ1n) is 7.74. The van der Waals surface area contributed by atoms with E-state index >= 15 is 0 Å². The summed E-state index contributed by atoms with van der Waals surface area (Å²) in [4.78, 5) is 2.26. The molecule has 3 heteroatoms. The van der Waals surface area contributed by atoms with Gasteiger partial charge in [0.25, 0.3) is 0 Å². The lowest BCUT2D eigenvalue weighted by Gasteiger charge is -2.28. The molecule has 0 unspecified atom stereocenters. The SMILES string of the molecule is Cc1c(CN(C)C)cc(C[N+](C)(C)C)cc1C[N+](C)(C)C. The summed E-state index contributed by atoms with van der Waals surface area (Å²) in [6.45, 7) is 5.45. The second-order valence-electron chi connectivity index (χ2n) is 8.67. The molecule has 0 bridgehead atoms. The Balaban J connectivity index is 3.24. The molecule has 0 atom stereocenters. The molecular weight excluding hydrogens is 258 g/mol. The van der Waals surface area contributed by atoms with Crippen LogP contribution >= 0.6 is 0 Å². The maximum absolute atomic E-state index is 2.42. The Morgan fingerprint density at radius 2 is 1.29 bits per heavy atom. The Bertz CT molecular complexity index is 476. The third kappa shape index (κ3) is 6.60. The highest BCUT2D eigenvalue weighted by molar-refractivity contribution is 5.38. The van der Waals surface area contributed by atoms with Crippen LogP contribution in [0.25, 0.3) is 0 Å². The molecule has 0 saturated carbocycles. The molecule has 0 aliphatic carbocycles. The molecule has 0 aromatic heterocycles. The van der Waals surface area contributed by atoms with Gasteiger partial charge in [-0.3, -0.25) is 0 Å². The normalized spacial score (nSPS) is 13.0. The molecule has 0 spiro atoms. The second kappa shape index (κ2) is 6.47. The van der Waals surface area contributed by atoms with Gasteiger partial charge in [0.1, 0.15) is 13.1 Å². The molecule has 1 aromatic carbocycles. The summed E-state index contributed by atoms with van der Waals surface area (Å²) in [5, 5.41) is 0. The van der Waals surface area contributed by atoms with Crippen molar-refractivity contribution >= 4 is 0 Å². The third-order valence-electron chi connectivity index (χ3n) is 3.47. The number of quaternary nitrogens is 2. The molecule has 120 valence electrons.